The Hall–Kier alpha value is -4.08. The molecule has 152 valence electrons. The number of nitrogens with zero attached hydrogens (tertiary/aromatic N) is 1. The maximum absolute atomic E-state index is 11.2. The van der Waals surface area contributed by atoms with Crippen LogP contribution < -0.4 is 9.47 Å². The highest BCUT2D eigenvalue weighted by Crippen LogP contribution is 2.28. The average molecular weight is 403 g/mol. The van der Waals surface area contributed by atoms with Crippen LogP contribution >= 0.6 is 0 Å². The summed E-state index contributed by atoms with van der Waals surface area (Å²) in [7, 11) is 0. The van der Waals surface area contributed by atoms with Crippen molar-refractivity contribution < 1.29 is 24.9 Å². The van der Waals surface area contributed by atoms with Gasteiger partial charge < -0.3 is 20.1 Å². The van der Waals surface area contributed by atoms with Gasteiger partial charge in [0.15, 0.2) is 0 Å². The lowest BCUT2D eigenvalue weighted by Crippen LogP contribution is -2.01. The molecule has 0 radical (unpaired) electrons. The van der Waals surface area contributed by atoms with Crippen LogP contribution in [0.2, 0.25) is 0 Å². The Labute approximate surface area is 174 Å². The Morgan fingerprint density at radius 2 is 1.47 bits per heavy atom. The molecule has 3 aromatic rings. The molecule has 3 aromatic carbocycles. The SMILES string of the molecule is N#CC(=Cc1ccc(OCc2ccccc2)cc1OCc1ccccc1)C(=O)O.O. The molecule has 0 aliphatic carbocycles. The third-order valence-corrected chi connectivity index (χ3v) is 4.12. The Morgan fingerprint density at radius 1 is 0.900 bits per heavy atom. The zero-order valence-corrected chi connectivity index (χ0v) is 16.1. The van der Waals surface area contributed by atoms with E-state index in [9.17, 15) is 4.79 Å². The Morgan fingerprint density at radius 3 is 2.00 bits per heavy atom. The molecule has 0 aliphatic heterocycles. The molecule has 0 saturated carbocycles. The van der Waals surface area contributed by atoms with Gasteiger partial charge in [-0.05, 0) is 29.3 Å². The van der Waals surface area contributed by atoms with Crippen LogP contribution in [0.1, 0.15) is 16.7 Å². The van der Waals surface area contributed by atoms with Crippen LogP contribution in [0, 0.1) is 11.3 Å². The molecule has 0 spiro atoms. The molecule has 3 rings (SSSR count). The molecule has 30 heavy (non-hydrogen) atoms. The van der Waals surface area contributed by atoms with Crippen molar-refractivity contribution in [2.75, 3.05) is 0 Å². The molecule has 0 bridgehead atoms. The van der Waals surface area contributed by atoms with Gasteiger partial charge in [0, 0.05) is 11.6 Å². The molecule has 0 aliphatic rings. The normalized spacial score (nSPS) is 10.4. The highest BCUT2D eigenvalue weighted by Gasteiger charge is 2.11. The van der Waals surface area contributed by atoms with E-state index in [0.29, 0.717) is 30.3 Å². The molecular weight excluding hydrogens is 382 g/mol. The van der Waals surface area contributed by atoms with Gasteiger partial charge in [0.2, 0.25) is 0 Å². The first kappa shape index (κ1) is 22.2. The van der Waals surface area contributed by atoms with Gasteiger partial charge in [-0.3, -0.25) is 0 Å². The van der Waals surface area contributed by atoms with Gasteiger partial charge >= 0.3 is 5.97 Å². The van der Waals surface area contributed by atoms with Crippen molar-refractivity contribution in [2.24, 2.45) is 0 Å². The molecule has 6 heteroatoms. The van der Waals surface area contributed by atoms with Gasteiger partial charge in [-0.15, -0.1) is 0 Å². The van der Waals surface area contributed by atoms with Gasteiger partial charge in [0.05, 0.1) is 0 Å². The average Bonchev–Trinajstić information content (AvgIpc) is 2.76. The van der Waals surface area contributed by atoms with Crippen molar-refractivity contribution in [1.29, 1.82) is 5.26 Å². The number of ether oxygens (including phenoxy) is 2. The van der Waals surface area contributed by atoms with Crippen LogP contribution in [0.25, 0.3) is 6.08 Å². The summed E-state index contributed by atoms with van der Waals surface area (Å²) in [4.78, 5) is 11.2. The third-order valence-electron chi connectivity index (χ3n) is 4.12. The van der Waals surface area contributed by atoms with Crippen LogP contribution in [-0.2, 0) is 18.0 Å². The number of aliphatic carboxylic acids is 1. The van der Waals surface area contributed by atoms with Gasteiger partial charge in [0.1, 0.15) is 36.4 Å². The summed E-state index contributed by atoms with van der Waals surface area (Å²) in [5.41, 5.74) is 2.12. The zero-order chi connectivity index (χ0) is 20.5. The minimum Gasteiger partial charge on any atom is -0.489 e. The summed E-state index contributed by atoms with van der Waals surface area (Å²) in [6.07, 6.45) is 1.30. The predicted molar refractivity (Wildman–Crippen MR) is 113 cm³/mol. The lowest BCUT2D eigenvalue weighted by atomic mass is 10.1. The molecule has 3 N–H and O–H groups in total. The number of nitriles is 1. The second kappa shape index (κ2) is 11.1. The molecule has 0 fully saturated rings. The van der Waals surface area contributed by atoms with Crippen LogP contribution in [0.4, 0.5) is 0 Å². The molecule has 0 saturated heterocycles. The molecule has 0 atom stereocenters. The number of rotatable bonds is 8. The second-order valence-electron chi connectivity index (χ2n) is 6.22. The summed E-state index contributed by atoms with van der Waals surface area (Å²) in [5, 5.41) is 18.2. The smallest absolute Gasteiger partial charge is 0.346 e. The Bertz CT molecular complexity index is 1040. The zero-order valence-electron chi connectivity index (χ0n) is 16.1. The molecule has 6 nitrogen and oxygen atoms in total. The first-order chi connectivity index (χ1) is 14.2. The van der Waals surface area contributed by atoms with E-state index in [1.54, 1.807) is 24.3 Å². The summed E-state index contributed by atoms with van der Waals surface area (Å²) in [5.74, 6) is -0.262. The maximum atomic E-state index is 11.2. The first-order valence-electron chi connectivity index (χ1n) is 8.98. The van der Waals surface area contributed by atoms with E-state index in [-0.39, 0.29) is 11.0 Å². The van der Waals surface area contributed by atoms with Gasteiger partial charge in [-0.1, -0.05) is 60.7 Å². The second-order valence-corrected chi connectivity index (χ2v) is 6.22. The lowest BCUT2D eigenvalue weighted by molar-refractivity contribution is -0.132. The molecule has 0 heterocycles. The van der Waals surface area contributed by atoms with Crippen LogP contribution in [0.5, 0.6) is 11.5 Å². The number of carboxylic acids is 1. The summed E-state index contributed by atoms with van der Waals surface area (Å²) >= 11 is 0. The predicted octanol–water partition coefficient (Wildman–Crippen LogP) is 4.01. The van der Waals surface area contributed by atoms with E-state index >= 15 is 0 Å². The van der Waals surface area contributed by atoms with Crippen molar-refractivity contribution in [1.82, 2.24) is 0 Å². The van der Waals surface area contributed by atoms with Crippen molar-refractivity contribution in [2.45, 2.75) is 13.2 Å². The van der Waals surface area contributed by atoms with Crippen molar-refractivity contribution in [3.63, 3.8) is 0 Å². The number of hydrogen-bond acceptors (Lipinski definition) is 4. The number of carboxylic acid groups (broad SMARTS) is 1. The first-order valence-corrected chi connectivity index (χ1v) is 8.98. The van der Waals surface area contributed by atoms with E-state index in [2.05, 4.69) is 0 Å². The van der Waals surface area contributed by atoms with Crippen molar-refractivity contribution >= 4 is 12.0 Å². The fraction of sp³-hybridized carbons (Fsp3) is 0.0833. The fourth-order valence-electron chi connectivity index (χ4n) is 2.62. The quantitative estimate of drug-likeness (QED) is 0.451. The van der Waals surface area contributed by atoms with Gasteiger partial charge in [-0.25, -0.2) is 4.79 Å². The maximum Gasteiger partial charge on any atom is 0.346 e. The van der Waals surface area contributed by atoms with E-state index < -0.39 is 5.97 Å². The van der Waals surface area contributed by atoms with Crippen LogP contribution in [-0.4, -0.2) is 16.6 Å². The van der Waals surface area contributed by atoms with E-state index in [4.69, 9.17) is 19.8 Å². The van der Waals surface area contributed by atoms with Gasteiger partial charge in [-0.2, -0.15) is 5.26 Å². The van der Waals surface area contributed by atoms with E-state index in [1.807, 2.05) is 60.7 Å². The minimum absolute atomic E-state index is 0. The summed E-state index contributed by atoms with van der Waals surface area (Å²) < 4.78 is 11.8. The summed E-state index contributed by atoms with van der Waals surface area (Å²) in [6, 6.07) is 26.2. The number of benzene rings is 3. The highest BCUT2D eigenvalue weighted by atomic mass is 16.5. The number of carbonyl (C=O) groups is 1. The van der Waals surface area contributed by atoms with Crippen LogP contribution in [0.15, 0.2) is 84.4 Å². The van der Waals surface area contributed by atoms with Crippen LogP contribution in [0.3, 0.4) is 0 Å². The van der Waals surface area contributed by atoms with Crippen molar-refractivity contribution in [3.8, 4) is 17.6 Å². The lowest BCUT2D eigenvalue weighted by Gasteiger charge is -2.13. The highest BCUT2D eigenvalue weighted by molar-refractivity contribution is 5.96. The summed E-state index contributed by atoms with van der Waals surface area (Å²) in [6.45, 7) is 0.700. The fourth-order valence-corrected chi connectivity index (χ4v) is 2.62. The monoisotopic (exact) mass is 403 g/mol. The Balaban J connectivity index is 0.00000320. The van der Waals surface area contributed by atoms with Gasteiger partial charge in [0.25, 0.3) is 0 Å². The molecular formula is C24H21NO5. The molecule has 0 amide bonds. The van der Waals surface area contributed by atoms with E-state index in [1.165, 1.54) is 6.08 Å². The molecule has 0 aromatic heterocycles. The Kier molecular flexibility index (Phi) is 8.18. The third kappa shape index (κ3) is 6.23. The van der Waals surface area contributed by atoms with Crippen molar-refractivity contribution in [3.05, 3.63) is 101 Å². The topological polar surface area (TPSA) is 111 Å². The number of hydrogen-bond donors (Lipinski definition) is 1. The largest absolute Gasteiger partial charge is 0.489 e. The standard InChI is InChI=1S/C24H19NO4.H2O/c25-15-21(24(26)27)13-20-11-12-22(28-16-18-7-3-1-4-8-18)14-23(20)29-17-19-9-5-2-6-10-19;/h1-14H,16-17H2,(H,26,27);1H2. The minimum atomic E-state index is -1.29. The van der Waals surface area contributed by atoms with E-state index in [0.717, 1.165) is 11.1 Å². The molecule has 0 unspecified atom stereocenters.